The first-order chi connectivity index (χ1) is 18.2. The van der Waals surface area contributed by atoms with Crippen LogP contribution in [-0.2, 0) is 11.3 Å². The molecule has 200 valence electrons. The van der Waals surface area contributed by atoms with Crippen LogP contribution in [0, 0.1) is 0 Å². The highest BCUT2D eigenvalue weighted by atomic mass is 16.6. The summed E-state index contributed by atoms with van der Waals surface area (Å²) in [5.74, 6) is 0.859. The summed E-state index contributed by atoms with van der Waals surface area (Å²) in [6.45, 7) is 8.37. The number of fused-ring (bicyclic) bond motifs is 2. The average molecular weight is 521 g/mol. The first-order valence-electron chi connectivity index (χ1n) is 12.7. The van der Waals surface area contributed by atoms with Gasteiger partial charge in [0.2, 0.25) is 0 Å². The van der Waals surface area contributed by atoms with E-state index in [4.69, 9.17) is 13.9 Å². The topological polar surface area (TPSA) is 120 Å². The van der Waals surface area contributed by atoms with Gasteiger partial charge in [-0.3, -0.25) is 4.90 Å². The number of carbonyl (C=O) groups excluding carboxylic acids is 1. The number of hydrogen-bond acceptors (Lipinski definition) is 9. The lowest BCUT2D eigenvalue weighted by Gasteiger charge is -2.35. The summed E-state index contributed by atoms with van der Waals surface area (Å²) in [4.78, 5) is 16.4. The van der Waals surface area contributed by atoms with Crippen LogP contribution in [0.5, 0.6) is 11.5 Å². The predicted octanol–water partition coefficient (Wildman–Crippen LogP) is 5.16. The van der Waals surface area contributed by atoms with E-state index in [1.54, 1.807) is 23.1 Å². The van der Waals surface area contributed by atoms with Gasteiger partial charge >= 0.3 is 6.09 Å². The normalized spacial score (nSPS) is 16.8. The number of benzene rings is 2. The molecule has 0 radical (unpaired) electrons. The van der Waals surface area contributed by atoms with Gasteiger partial charge < -0.3 is 29.0 Å². The first kappa shape index (κ1) is 25.7. The number of piperazine rings is 1. The number of aromatic hydroxyl groups is 1. The number of hydrogen-bond donors (Lipinski definition) is 2. The minimum absolute atomic E-state index is 0.0109. The van der Waals surface area contributed by atoms with Crippen molar-refractivity contribution in [1.29, 1.82) is 0 Å². The van der Waals surface area contributed by atoms with Crippen molar-refractivity contribution in [2.75, 3.05) is 39.4 Å². The van der Waals surface area contributed by atoms with Crippen molar-refractivity contribution < 1.29 is 28.9 Å². The van der Waals surface area contributed by atoms with Gasteiger partial charge in [0.15, 0.2) is 11.5 Å². The van der Waals surface area contributed by atoms with E-state index in [2.05, 4.69) is 15.1 Å². The highest BCUT2D eigenvalue weighted by molar-refractivity contribution is 5.95. The van der Waals surface area contributed by atoms with Gasteiger partial charge in [0, 0.05) is 44.4 Å². The van der Waals surface area contributed by atoms with Crippen LogP contribution in [0.15, 0.2) is 51.0 Å². The van der Waals surface area contributed by atoms with Crippen LogP contribution >= 0.6 is 0 Å². The van der Waals surface area contributed by atoms with Crippen molar-refractivity contribution in [3.63, 3.8) is 0 Å². The summed E-state index contributed by atoms with van der Waals surface area (Å²) in [6, 6.07) is 11.1. The molecule has 1 fully saturated rings. The van der Waals surface area contributed by atoms with Crippen LogP contribution in [0.1, 0.15) is 37.7 Å². The Kier molecular flexibility index (Phi) is 7.09. The fourth-order valence-electron chi connectivity index (χ4n) is 4.55. The summed E-state index contributed by atoms with van der Waals surface area (Å²) in [7, 11) is 0. The predicted molar refractivity (Wildman–Crippen MR) is 142 cm³/mol. The fraction of sp³-hybridized carbons (Fsp3) is 0.393. The molecule has 5 rings (SSSR count). The molecule has 1 saturated heterocycles. The Morgan fingerprint density at radius 2 is 1.87 bits per heavy atom. The van der Waals surface area contributed by atoms with Gasteiger partial charge in [-0.25, -0.2) is 4.79 Å². The minimum atomic E-state index is -0.543. The third-order valence-electron chi connectivity index (χ3n) is 6.39. The average Bonchev–Trinajstić information content (AvgIpc) is 3.44. The van der Waals surface area contributed by atoms with Gasteiger partial charge in [-0.05, 0) is 39.0 Å². The summed E-state index contributed by atoms with van der Waals surface area (Å²) < 4.78 is 17.5. The van der Waals surface area contributed by atoms with E-state index in [0.29, 0.717) is 55.1 Å². The molecule has 1 amide bonds. The van der Waals surface area contributed by atoms with Gasteiger partial charge in [0.1, 0.15) is 23.5 Å². The molecule has 0 unspecified atom stereocenters. The van der Waals surface area contributed by atoms with Gasteiger partial charge in [-0.15, -0.1) is 10.2 Å². The van der Waals surface area contributed by atoms with E-state index >= 15 is 0 Å². The van der Waals surface area contributed by atoms with Crippen molar-refractivity contribution in [2.45, 2.75) is 32.9 Å². The smallest absolute Gasteiger partial charge is 0.410 e. The van der Waals surface area contributed by atoms with E-state index in [9.17, 15) is 15.0 Å². The number of aliphatic hydroxyl groups is 1. The molecular formula is C28H32N4O6. The Morgan fingerprint density at radius 3 is 2.61 bits per heavy atom. The molecule has 2 N–H and O–H groups in total. The molecule has 0 bridgehead atoms. The molecule has 2 aliphatic rings. The lowest BCUT2D eigenvalue weighted by molar-refractivity contribution is 0.0138. The molecule has 3 aromatic rings. The van der Waals surface area contributed by atoms with Crippen molar-refractivity contribution in [3.05, 3.63) is 53.3 Å². The highest BCUT2D eigenvalue weighted by Crippen LogP contribution is 2.42. The largest absolute Gasteiger partial charge is 0.504 e. The second-order valence-corrected chi connectivity index (χ2v) is 10.3. The second-order valence-electron chi connectivity index (χ2n) is 10.3. The number of rotatable bonds is 6. The molecular weight excluding hydrogens is 488 g/mol. The quantitative estimate of drug-likeness (QED) is 0.461. The Bertz CT molecular complexity index is 1400. The van der Waals surface area contributed by atoms with E-state index in [1.807, 2.05) is 45.0 Å². The molecule has 0 aliphatic carbocycles. The van der Waals surface area contributed by atoms with Crippen molar-refractivity contribution in [2.24, 2.45) is 10.2 Å². The molecule has 0 saturated carbocycles. The molecule has 0 atom stereocenters. The number of amides is 1. The number of ether oxygens (including phenoxy) is 2. The van der Waals surface area contributed by atoms with Gasteiger partial charge in [-0.1, -0.05) is 18.2 Å². The first-order valence-corrected chi connectivity index (χ1v) is 12.7. The lowest BCUT2D eigenvalue weighted by atomic mass is 10.1. The lowest BCUT2D eigenvalue weighted by Crippen LogP contribution is -2.49. The zero-order valence-corrected chi connectivity index (χ0v) is 21.8. The zero-order valence-electron chi connectivity index (χ0n) is 21.8. The van der Waals surface area contributed by atoms with E-state index in [0.717, 1.165) is 16.8 Å². The number of azo groups is 1. The summed E-state index contributed by atoms with van der Waals surface area (Å²) in [6.07, 6.45) is 1.37. The maximum atomic E-state index is 12.5. The minimum Gasteiger partial charge on any atom is -0.504 e. The third-order valence-corrected chi connectivity index (χ3v) is 6.39. The number of aliphatic hydroxyl groups excluding tert-OH is 1. The van der Waals surface area contributed by atoms with Crippen LogP contribution in [0.4, 0.5) is 10.5 Å². The Balaban J connectivity index is 1.41. The molecule has 0 spiro atoms. The molecule has 2 aliphatic heterocycles. The van der Waals surface area contributed by atoms with E-state index < -0.39 is 5.60 Å². The summed E-state index contributed by atoms with van der Waals surface area (Å²) in [5, 5.41) is 29.3. The number of carbonyl (C=O) groups is 1. The number of furan rings is 1. The maximum absolute atomic E-state index is 12.5. The Labute approximate surface area is 220 Å². The third kappa shape index (κ3) is 5.36. The molecule has 1 aromatic heterocycles. The Morgan fingerprint density at radius 1 is 1.11 bits per heavy atom. The van der Waals surface area contributed by atoms with Crippen LogP contribution in [-0.4, -0.2) is 71.1 Å². The molecule has 2 aromatic carbocycles. The van der Waals surface area contributed by atoms with E-state index in [-0.39, 0.29) is 30.8 Å². The van der Waals surface area contributed by atoms with Crippen LogP contribution < -0.4 is 4.74 Å². The van der Waals surface area contributed by atoms with Crippen molar-refractivity contribution in [3.8, 4) is 11.5 Å². The summed E-state index contributed by atoms with van der Waals surface area (Å²) >= 11 is 0. The molecule has 10 nitrogen and oxygen atoms in total. The fourth-order valence-corrected chi connectivity index (χ4v) is 4.55. The molecule has 38 heavy (non-hydrogen) atoms. The van der Waals surface area contributed by atoms with Gasteiger partial charge in [0.05, 0.1) is 28.9 Å². The van der Waals surface area contributed by atoms with Crippen LogP contribution in [0.2, 0.25) is 0 Å². The van der Waals surface area contributed by atoms with Gasteiger partial charge in [-0.2, -0.15) is 0 Å². The maximum Gasteiger partial charge on any atom is 0.410 e. The zero-order chi connectivity index (χ0) is 26.9. The van der Waals surface area contributed by atoms with Crippen molar-refractivity contribution >= 4 is 34.5 Å². The number of nitrogens with zero attached hydrogens (tertiary/aromatic N) is 4. The molecule has 3 heterocycles. The highest BCUT2D eigenvalue weighted by Gasteiger charge is 2.28. The Hall–Kier alpha value is -3.89. The van der Waals surface area contributed by atoms with Crippen molar-refractivity contribution in [1.82, 2.24) is 9.80 Å². The second kappa shape index (κ2) is 10.5. The molecule has 10 heteroatoms. The van der Waals surface area contributed by atoms with Gasteiger partial charge in [0.25, 0.3) is 0 Å². The van der Waals surface area contributed by atoms with E-state index in [1.165, 1.54) is 0 Å². The SMILES string of the molecule is CC(C)(C)OC(=O)N1CCN(Cc2c(OCCO)ccc3c(O)c(C=C4N=Nc5ccccc54)oc23)CC1. The van der Waals surface area contributed by atoms with Crippen LogP contribution in [0.3, 0.4) is 0 Å². The summed E-state index contributed by atoms with van der Waals surface area (Å²) in [5.41, 5.74) is 2.95. The van der Waals surface area contributed by atoms with Crippen LogP contribution in [0.25, 0.3) is 22.7 Å². The monoisotopic (exact) mass is 520 g/mol. The standard InChI is InChI=1S/C28H32N4O6/c1-28(2,3)38-27(35)32-12-10-31(11-13-32)17-20-23(36-15-14-33)9-8-19-25(34)24(37-26(19)20)16-22-18-6-4-5-7-21(18)29-30-22/h4-9,16,33-34H,10-15,17H2,1-3H3.